The Morgan fingerprint density at radius 1 is 1.31 bits per heavy atom. The summed E-state index contributed by atoms with van der Waals surface area (Å²) >= 11 is 0. The molecular weight excluding hydrogens is 159 g/mol. The lowest BCUT2D eigenvalue weighted by Crippen LogP contribution is -2.19. The van der Waals surface area contributed by atoms with Crippen molar-refractivity contribution in [1.82, 2.24) is 0 Å². The van der Waals surface area contributed by atoms with Gasteiger partial charge in [0, 0.05) is 6.00 Å². The molecule has 2 radical (unpaired) electrons. The Morgan fingerprint density at radius 2 is 2.00 bits per heavy atom. The van der Waals surface area contributed by atoms with Gasteiger partial charge in [0.05, 0.1) is 6.10 Å². The third-order valence-corrected chi connectivity index (χ3v) is 3.30. The normalized spacial score (nSPS) is 39.6. The Morgan fingerprint density at radius 3 is 2.54 bits per heavy atom. The average Bonchev–Trinajstić information content (AvgIpc) is 2.40. The maximum Gasteiger partial charge on any atom is 0.109 e. The molecule has 1 heterocycles. The molecule has 1 aliphatic rings. The molecule has 0 bridgehead atoms. The van der Waals surface area contributed by atoms with Crippen LogP contribution < -0.4 is 0 Å². The van der Waals surface area contributed by atoms with Gasteiger partial charge >= 0.3 is 0 Å². The van der Waals surface area contributed by atoms with Gasteiger partial charge in [0.2, 0.25) is 0 Å². The maximum absolute atomic E-state index is 5.88. The Bertz CT molecular complexity index is 149. The lowest BCUT2D eigenvalue weighted by molar-refractivity contribution is 0.0657. The standard InChI is InChI=1S/C11H21BO/c1-4-6-7-9-8(3)11(12)13-10(9)5-2/h8-11H,4-7H2,1-3H3. The molecule has 0 amide bonds. The molecule has 0 aliphatic carbocycles. The second-order valence-corrected chi connectivity index (χ2v) is 4.21. The number of hydrogen-bond donors (Lipinski definition) is 0. The van der Waals surface area contributed by atoms with Crippen LogP contribution in [0.3, 0.4) is 0 Å². The second-order valence-electron chi connectivity index (χ2n) is 4.21. The number of hydrogen-bond acceptors (Lipinski definition) is 1. The fourth-order valence-corrected chi connectivity index (χ4v) is 2.30. The fraction of sp³-hybridized carbons (Fsp3) is 1.00. The van der Waals surface area contributed by atoms with Crippen LogP contribution in [-0.2, 0) is 4.74 Å². The second kappa shape index (κ2) is 5.04. The van der Waals surface area contributed by atoms with E-state index in [9.17, 15) is 0 Å². The first-order chi connectivity index (χ1) is 6.20. The summed E-state index contributed by atoms with van der Waals surface area (Å²) in [6.45, 7) is 6.65. The van der Waals surface area contributed by atoms with E-state index >= 15 is 0 Å². The molecule has 0 aromatic carbocycles. The van der Waals surface area contributed by atoms with Gasteiger partial charge in [0.1, 0.15) is 7.85 Å². The lowest BCUT2D eigenvalue weighted by atomic mass is 9.78. The predicted octanol–water partition coefficient (Wildman–Crippen LogP) is 2.73. The monoisotopic (exact) mass is 180 g/mol. The van der Waals surface area contributed by atoms with E-state index in [-0.39, 0.29) is 6.00 Å². The van der Waals surface area contributed by atoms with E-state index in [0.717, 1.165) is 6.42 Å². The fourth-order valence-electron chi connectivity index (χ4n) is 2.30. The van der Waals surface area contributed by atoms with Crippen molar-refractivity contribution < 1.29 is 4.74 Å². The highest BCUT2D eigenvalue weighted by Crippen LogP contribution is 2.35. The van der Waals surface area contributed by atoms with Gasteiger partial charge in [-0.15, -0.1) is 0 Å². The van der Waals surface area contributed by atoms with Crippen molar-refractivity contribution in [3.63, 3.8) is 0 Å². The average molecular weight is 180 g/mol. The maximum atomic E-state index is 5.88. The summed E-state index contributed by atoms with van der Waals surface area (Å²) in [5.74, 6) is 1.23. The quantitative estimate of drug-likeness (QED) is 0.604. The van der Waals surface area contributed by atoms with Crippen LogP contribution in [-0.4, -0.2) is 20.0 Å². The molecule has 74 valence electrons. The highest BCUT2D eigenvalue weighted by atomic mass is 16.5. The van der Waals surface area contributed by atoms with E-state index in [4.69, 9.17) is 12.6 Å². The summed E-state index contributed by atoms with van der Waals surface area (Å²) in [5, 5.41) is 0. The predicted molar refractivity (Wildman–Crippen MR) is 56.9 cm³/mol. The molecule has 0 N–H and O–H groups in total. The van der Waals surface area contributed by atoms with E-state index in [1.54, 1.807) is 0 Å². The molecule has 1 aliphatic heterocycles. The molecule has 1 rings (SSSR count). The van der Waals surface area contributed by atoms with Gasteiger partial charge in [-0.1, -0.05) is 33.6 Å². The van der Waals surface area contributed by atoms with Gasteiger partial charge in [0.25, 0.3) is 0 Å². The molecule has 2 heteroatoms. The van der Waals surface area contributed by atoms with Crippen molar-refractivity contribution in [2.45, 2.75) is 58.6 Å². The molecule has 4 unspecified atom stereocenters. The zero-order valence-electron chi connectivity index (χ0n) is 9.12. The van der Waals surface area contributed by atoms with E-state index < -0.39 is 0 Å². The minimum Gasteiger partial charge on any atom is -0.384 e. The Balaban J connectivity index is 2.47. The minimum absolute atomic E-state index is 0.0215. The van der Waals surface area contributed by atoms with Crippen LogP contribution in [0.25, 0.3) is 0 Å². The summed E-state index contributed by atoms with van der Waals surface area (Å²) in [6, 6.07) is -0.0215. The first-order valence-corrected chi connectivity index (χ1v) is 5.61. The third-order valence-electron chi connectivity index (χ3n) is 3.30. The highest BCUT2D eigenvalue weighted by Gasteiger charge is 2.36. The van der Waals surface area contributed by atoms with Gasteiger partial charge in [-0.3, -0.25) is 0 Å². The highest BCUT2D eigenvalue weighted by molar-refractivity contribution is 6.11. The summed E-state index contributed by atoms with van der Waals surface area (Å²) in [4.78, 5) is 0. The summed E-state index contributed by atoms with van der Waals surface area (Å²) in [7, 11) is 5.88. The van der Waals surface area contributed by atoms with Crippen molar-refractivity contribution in [3.8, 4) is 0 Å². The molecule has 0 saturated carbocycles. The van der Waals surface area contributed by atoms with Crippen LogP contribution in [0.15, 0.2) is 0 Å². The lowest BCUT2D eigenvalue weighted by Gasteiger charge is -2.19. The van der Waals surface area contributed by atoms with Crippen molar-refractivity contribution in [3.05, 3.63) is 0 Å². The largest absolute Gasteiger partial charge is 0.384 e. The minimum atomic E-state index is -0.0215. The molecule has 4 atom stereocenters. The van der Waals surface area contributed by atoms with Crippen LogP contribution in [0.5, 0.6) is 0 Å². The van der Waals surface area contributed by atoms with Crippen molar-refractivity contribution >= 4 is 7.85 Å². The number of unbranched alkanes of at least 4 members (excludes halogenated alkanes) is 1. The van der Waals surface area contributed by atoms with Crippen LogP contribution >= 0.6 is 0 Å². The smallest absolute Gasteiger partial charge is 0.109 e. The topological polar surface area (TPSA) is 9.23 Å². The van der Waals surface area contributed by atoms with Crippen LogP contribution in [0.2, 0.25) is 0 Å². The van der Waals surface area contributed by atoms with Gasteiger partial charge in [-0.05, 0) is 24.7 Å². The van der Waals surface area contributed by atoms with Crippen molar-refractivity contribution in [1.29, 1.82) is 0 Å². The van der Waals surface area contributed by atoms with Gasteiger partial charge in [0.15, 0.2) is 0 Å². The molecule has 0 aromatic rings. The molecule has 1 fully saturated rings. The zero-order chi connectivity index (χ0) is 9.84. The van der Waals surface area contributed by atoms with E-state index in [0.29, 0.717) is 17.9 Å². The van der Waals surface area contributed by atoms with Crippen LogP contribution in [0.1, 0.15) is 46.5 Å². The number of ether oxygens (including phenoxy) is 1. The molecule has 13 heavy (non-hydrogen) atoms. The van der Waals surface area contributed by atoms with Crippen molar-refractivity contribution in [2.24, 2.45) is 11.8 Å². The molecular formula is C11H21BO. The van der Waals surface area contributed by atoms with Crippen LogP contribution in [0, 0.1) is 11.8 Å². The summed E-state index contributed by atoms with van der Waals surface area (Å²) < 4.78 is 5.71. The molecule has 1 nitrogen and oxygen atoms in total. The Labute approximate surface area is 83.6 Å². The van der Waals surface area contributed by atoms with Gasteiger partial charge in [-0.25, -0.2) is 0 Å². The summed E-state index contributed by atoms with van der Waals surface area (Å²) in [6.07, 6.45) is 5.38. The first kappa shape index (κ1) is 11.1. The molecule has 0 aromatic heterocycles. The first-order valence-electron chi connectivity index (χ1n) is 5.61. The van der Waals surface area contributed by atoms with Gasteiger partial charge in [-0.2, -0.15) is 0 Å². The van der Waals surface area contributed by atoms with Crippen molar-refractivity contribution in [2.75, 3.05) is 0 Å². The third kappa shape index (κ3) is 2.49. The van der Waals surface area contributed by atoms with E-state index in [1.165, 1.54) is 19.3 Å². The zero-order valence-corrected chi connectivity index (χ0v) is 9.12. The SMILES string of the molecule is [B]C1OC(CC)C(CCCC)C1C. The van der Waals surface area contributed by atoms with E-state index in [2.05, 4.69) is 20.8 Å². The number of rotatable bonds is 4. The summed E-state index contributed by atoms with van der Waals surface area (Å²) in [5.41, 5.74) is 0. The van der Waals surface area contributed by atoms with E-state index in [1.807, 2.05) is 0 Å². The molecule has 0 spiro atoms. The van der Waals surface area contributed by atoms with Gasteiger partial charge < -0.3 is 4.74 Å². The molecule has 1 saturated heterocycles. The van der Waals surface area contributed by atoms with Crippen LogP contribution in [0.4, 0.5) is 0 Å². The Kier molecular flexibility index (Phi) is 4.31. The Hall–Kier alpha value is 0.0249.